The Morgan fingerprint density at radius 3 is 2.90 bits per heavy atom. The third-order valence-corrected chi connectivity index (χ3v) is 4.96. The zero-order valence-electron chi connectivity index (χ0n) is 16.2. The summed E-state index contributed by atoms with van der Waals surface area (Å²) in [7, 11) is 0. The summed E-state index contributed by atoms with van der Waals surface area (Å²) >= 11 is 6.95. The highest BCUT2D eigenvalue weighted by atomic mass is 35.5. The lowest BCUT2D eigenvalue weighted by Crippen LogP contribution is -2.32. The van der Waals surface area contributed by atoms with Gasteiger partial charge < -0.3 is 24.9 Å². The number of carbonyl (C=O) groups excluding carboxylic acids is 2. The van der Waals surface area contributed by atoms with Crippen molar-refractivity contribution in [1.82, 2.24) is 16.0 Å². The van der Waals surface area contributed by atoms with Crippen LogP contribution in [0.5, 0.6) is 0 Å². The van der Waals surface area contributed by atoms with Crippen molar-refractivity contribution >= 4 is 35.5 Å². The van der Waals surface area contributed by atoms with Crippen molar-refractivity contribution in [2.24, 2.45) is 0 Å². The Morgan fingerprint density at radius 2 is 2.14 bits per heavy atom. The number of carbonyl (C=O) groups is 2. The molecule has 0 spiro atoms. The van der Waals surface area contributed by atoms with Crippen LogP contribution in [-0.4, -0.2) is 56.5 Å². The summed E-state index contributed by atoms with van der Waals surface area (Å²) < 4.78 is 23.0. The zero-order valence-corrected chi connectivity index (χ0v) is 17.8. The Labute approximate surface area is 180 Å². The van der Waals surface area contributed by atoms with Gasteiger partial charge in [0.2, 0.25) is 5.91 Å². The molecule has 162 valence electrons. The second-order valence-electron chi connectivity index (χ2n) is 6.05. The van der Waals surface area contributed by atoms with Crippen molar-refractivity contribution in [1.29, 1.82) is 0 Å². The Morgan fingerprint density at radius 1 is 1.34 bits per heavy atom. The number of hydrogen-bond donors (Lipinski definition) is 3. The molecule has 2 amide bonds. The molecule has 7 nitrogen and oxygen atoms in total. The van der Waals surface area contributed by atoms with Crippen LogP contribution in [0.15, 0.2) is 48.0 Å². The molecule has 10 heteroatoms. The molecule has 0 bridgehead atoms. The number of nitrogens with one attached hydrogen (secondary N) is 3. The maximum Gasteiger partial charge on any atom is 0.257 e. The lowest BCUT2D eigenvalue weighted by Gasteiger charge is -2.13. The molecule has 1 fully saturated rings. The molecule has 1 saturated heterocycles. The number of hydrogen-bond acceptors (Lipinski definition) is 6. The highest BCUT2D eigenvalue weighted by molar-refractivity contribution is 7.95. The summed E-state index contributed by atoms with van der Waals surface area (Å²) in [5, 5.41) is 8.86. The second kappa shape index (κ2) is 15.1. The highest BCUT2D eigenvalue weighted by Gasteiger charge is 2.14. The first-order chi connectivity index (χ1) is 13.9. The molecule has 1 unspecified atom stereocenters. The molecule has 0 saturated carbocycles. The SMILES string of the molecule is C=C(CCNC(=O)CO/C=C/C=C(/Cl)C(=C)F)C(=O)NCCC1CNCCOS1. The standard InChI is InChI=1S/C19H27ClFN3O4S/c1-14(19(26)24-8-6-16-12-22-9-11-28-29-16)5-7-23-18(25)13-27-10-3-4-17(20)15(2)21/h3-4,10,16,22H,1-2,5-9,11-13H2,(H,23,25)(H,24,26)/b10-3+,17-4+. The molecule has 0 aromatic rings. The third kappa shape index (κ3) is 12.4. The topological polar surface area (TPSA) is 88.7 Å². The van der Waals surface area contributed by atoms with Crippen LogP contribution < -0.4 is 16.0 Å². The van der Waals surface area contributed by atoms with Crippen molar-refractivity contribution in [3.05, 3.63) is 48.0 Å². The molecule has 0 aromatic heterocycles. The molecule has 0 aromatic carbocycles. The van der Waals surface area contributed by atoms with E-state index in [-0.39, 0.29) is 30.0 Å². The minimum atomic E-state index is -0.757. The van der Waals surface area contributed by atoms with E-state index in [1.165, 1.54) is 30.5 Å². The Kier molecular flexibility index (Phi) is 13.1. The second-order valence-corrected chi connectivity index (χ2v) is 7.55. The van der Waals surface area contributed by atoms with Crippen LogP contribution in [0.1, 0.15) is 12.8 Å². The molecular formula is C19H27ClFN3O4S. The Hall–Kier alpha value is -1.81. The summed E-state index contributed by atoms with van der Waals surface area (Å²) in [6, 6.07) is 0. The van der Waals surface area contributed by atoms with Gasteiger partial charge in [-0.15, -0.1) is 0 Å². The van der Waals surface area contributed by atoms with Crippen molar-refractivity contribution in [2.45, 2.75) is 18.1 Å². The molecule has 0 radical (unpaired) electrons. The van der Waals surface area contributed by atoms with Gasteiger partial charge >= 0.3 is 0 Å². The fourth-order valence-electron chi connectivity index (χ4n) is 2.09. The van der Waals surface area contributed by atoms with Crippen LogP contribution in [0.25, 0.3) is 0 Å². The van der Waals surface area contributed by atoms with E-state index in [9.17, 15) is 14.0 Å². The first-order valence-corrected chi connectivity index (χ1v) is 10.3. The van der Waals surface area contributed by atoms with Gasteiger partial charge in [-0.05, 0) is 37.0 Å². The highest BCUT2D eigenvalue weighted by Crippen LogP contribution is 2.16. The zero-order chi connectivity index (χ0) is 21.5. The van der Waals surface area contributed by atoms with E-state index in [1.807, 2.05) is 0 Å². The number of ether oxygens (including phenoxy) is 1. The minimum Gasteiger partial charge on any atom is -0.491 e. The molecule has 3 N–H and O–H groups in total. The van der Waals surface area contributed by atoms with Gasteiger partial charge in [0.05, 0.1) is 17.9 Å². The lowest BCUT2D eigenvalue weighted by molar-refractivity contribution is -0.124. The van der Waals surface area contributed by atoms with Crippen molar-refractivity contribution < 1.29 is 22.9 Å². The predicted molar refractivity (Wildman–Crippen MR) is 114 cm³/mol. The lowest BCUT2D eigenvalue weighted by atomic mass is 10.2. The first kappa shape index (κ1) is 25.2. The van der Waals surface area contributed by atoms with Crippen molar-refractivity contribution in [2.75, 3.05) is 39.4 Å². The molecular weight excluding hydrogens is 421 g/mol. The monoisotopic (exact) mass is 447 g/mol. The number of rotatable bonds is 12. The van der Waals surface area contributed by atoms with Crippen molar-refractivity contribution in [3.63, 3.8) is 0 Å². The van der Waals surface area contributed by atoms with Crippen LogP contribution in [0.3, 0.4) is 0 Å². The molecule has 29 heavy (non-hydrogen) atoms. The Bertz CT molecular complexity index is 635. The van der Waals surface area contributed by atoms with Crippen molar-refractivity contribution in [3.8, 4) is 0 Å². The van der Waals surface area contributed by atoms with Gasteiger partial charge in [0.1, 0.15) is 5.83 Å². The molecule has 1 heterocycles. The van der Waals surface area contributed by atoms with E-state index < -0.39 is 5.83 Å². The van der Waals surface area contributed by atoms with Crippen LogP contribution in [-0.2, 0) is 18.5 Å². The summed E-state index contributed by atoms with van der Waals surface area (Å²) in [5.41, 5.74) is 0.389. The molecule has 0 aliphatic carbocycles. The van der Waals surface area contributed by atoms with Gasteiger partial charge in [0.15, 0.2) is 6.61 Å². The van der Waals surface area contributed by atoms with Gasteiger partial charge in [-0.2, -0.15) is 0 Å². The normalized spacial score (nSPS) is 17.4. The minimum absolute atomic E-state index is 0.149. The van der Waals surface area contributed by atoms with E-state index in [4.69, 9.17) is 20.5 Å². The van der Waals surface area contributed by atoms with Crippen LogP contribution in [0.2, 0.25) is 0 Å². The van der Waals surface area contributed by atoms with Crippen LogP contribution >= 0.6 is 23.6 Å². The van der Waals surface area contributed by atoms with Crippen LogP contribution in [0, 0.1) is 0 Å². The fourth-order valence-corrected chi connectivity index (χ4v) is 2.93. The van der Waals surface area contributed by atoms with Crippen LogP contribution in [0.4, 0.5) is 4.39 Å². The largest absolute Gasteiger partial charge is 0.491 e. The first-order valence-electron chi connectivity index (χ1n) is 9.10. The van der Waals surface area contributed by atoms with Gasteiger partial charge in [0, 0.05) is 37.0 Å². The van der Waals surface area contributed by atoms with E-state index in [2.05, 4.69) is 29.1 Å². The quantitative estimate of drug-likeness (QED) is 0.184. The smallest absolute Gasteiger partial charge is 0.257 e. The van der Waals surface area contributed by atoms with E-state index in [0.29, 0.717) is 30.4 Å². The summed E-state index contributed by atoms with van der Waals surface area (Å²) in [4.78, 5) is 23.7. The van der Waals surface area contributed by atoms with E-state index >= 15 is 0 Å². The average molecular weight is 448 g/mol. The molecule has 1 atom stereocenters. The third-order valence-electron chi connectivity index (χ3n) is 3.65. The summed E-state index contributed by atoms with van der Waals surface area (Å²) in [6.45, 7) is 9.72. The Balaban J connectivity index is 2.11. The van der Waals surface area contributed by atoms with Gasteiger partial charge in [-0.3, -0.25) is 9.59 Å². The fraction of sp³-hybridized carbons (Fsp3) is 0.474. The number of allylic oxidation sites excluding steroid dienone is 4. The average Bonchev–Trinajstić information content (AvgIpc) is 2.96. The van der Waals surface area contributed by atoms with Gasteiger partial charge in [0.25, 0.3) is 5.91 Å². The number of halogens is 2. The van der Waals surface area contributed by atoms with Gasteiger partial charge in [-0.1, -0.05) is 24.8 Å². The van der Waals surface area contributed by atoms with Gasteiger partial charge in [-0.25, -0.2) is 4.39 Å². The maximum atomic E-state index is 12.6. The summed E-state index contributed by atoms with van der Waals surface area (Å²) in [5.74, 6) is -1.34. The summed E-state index contributed by atoms with van der Waals surface area (Å²) in [6.07, 6.45) is 4.93. The molecule has 1 aliphatic rings. The molecule has 1 rings (SSSR count). The predicted octanol–water partition coefficient (Wildman–Crippen LogP) is 2.33. The molecule has 1 aliphatic heterocycles. The van der Waals surface area contributed by atoms with E-state index in [0.717, 1.165) is 19.5 Å². The number of amides is 2. The maximum absolute atomic E-state index is 12.6. The van der Waals surface area contributed by atoms with E-state index in [1.54, 1.807) is 0 Å².